The Kier molecular flexibility index (Phi) is 12.3. The van der Waals surface area contributed by atoms with Gasteiger partial charge in [0.25, 0.3) is 0 Å². The molecule has 0 atom stereocenters. The summed E-state index contributed by atoms with van der Waals surface area (Å²) in [6, 6.07) is 0. The van der Waals surface area contributed by atoms with Gasteiger partial charge in [0.05, 0.1) is 25.7 Å². The van der Waals surface area contributed by atoms with Gasteiger partial charge in [-0.3, -0.25) is 19.4 Å². The molecule has 118 valence electrons. The fourth-order valence-electron chi connectivity index (χ4n) is 1.47. The maximum absolute atomic E-state index is 10.5. The largest absolute Gasteiger partial charge is 0.549 e. The first kappa shape index (κ1) is 21.1. The van der Waals surface area contributed by atoms with E-state index in [0.29, 0.717) is 0 Å². The second-order valence-corrected chi connectivity index (χ2v) is 3.87. The third kappa shape index (κ3) is 11.9. The molecule has 0 aliphatic carbocycles. The van der Waals surface area contributed by atoms with Gasteiger partial charge in [-0.15, -0.1) is 0 Å². The van der Waals surface area contributed by atoms with Crippen molar-refractivity contribution >= 4 is 17.9 Å². The van der Waals surface area contributed by atoms with E-state index in [1.54, 1.807) is 0 Å². The van der Waals surface area contributed by atoms with E-state index in [1.807, 2.05) is 0 Å². The normalized spacial score (nSPS) is 10.3. The van der Waals surface area contributed by atoms with Crippen LogP contribution in [0.5, 0.6) is 0 Å². The zero-order chi connectivity index (χ0) is 14.8. The van der Waals surface area contributed by atoms with Gasteiger partial charge in [-0.25, -0.2) is 0 Å². The van der Waals surface area contributed by atoms with Crippen molar-refractivity contribution in [3.63, 3.8) is 0 Å². The van der Waals surface area contributed by atoms with Crippen LogP contribution < -0.4 is 5.11 Å². The number of carbonyl (C=O) groups is 3. The van der Waals surface area contributed by atoms with Crippen molar-refractivity contribution in [1.29, 1.82) is 0 Å². The Morgan fingerprint density at radius 2 is 1.30 bits per heavy atom. The molecule has 0 aromatic rings. The summed E-state index contributed by atoms with van der Waals surface area (Å²) in [5, 5.41) is 36.4. The molecule has 9 nitrogen and oxygen atoms in total. The Labute approximate surface area is 126 Å². The molecule has 0 aliphatic rings. The van der Waals surface area contributed by atoms with Gasteiger partial charge in [-0.05, 0) is 0 Å². The van der Waals surface area contributed by atoms with E-state index in [4.69, 9.17) is 15.3 Å². The number of rotatable bonds is 11. The van der Waals surface area contributed by atoms with Gasteiger partial charge in [0.1, 0.15) is 0 Å². The summed E-state index contributed by atoms with van der Waals surface area (Å²) < 4.78 is 0. The summed E-state index contributed by atoms with van der Waals surface area (Å²) in [6.07, 6.45) is 0. The maximum Gasteiger partial charge on any atom is 0.317 e. The van der Waals surface area contributed by atoms with Crippen molar-refractivity contribution in [2.75, 3.05) is 45.9 Å². The van der Waals surface area contributed by atoms with Crippen LogP contribution in [0.4, 0.5) is 0 Å². The Bertz CT molecular complexity index is 311. The molecule has 0 saturated heterocycles. The average Bonchev–Trinajstić information content (AvgIpc) is 2.23. The van der Waals surface area contributed by atoms with Gasteiger partial charge in [-0.1, -0.05) is 0 Å². The number of aliphatic hydroxyl groups excluding tert-OH is 1. The summed E-state index contributed by atoms with van der Waals surface area (Å²) >= 11 is 0. The summed E-state index contributed by atoms with van der Waals surface area (Å²) in [6.45, 7) is -1.29. The van der Waals surface area contributed by atoms with Gasteiger partial charge in [0, 0.05) is 43.2 Å². The number of aliphatic carboxylic acids is 3. The molecule has 0 fully saturated rings. The second-order valence-electron chi connectivity index (χ2n) is 3.87. The van der Waals surface area contributed by atoms with Crippen LogP contribution in [-0.2, 0) is 31.5 Å². The molecule has 0 spiro atoms. The van der Waals surface area contributed by atoms with Crippen LogP contribution in [0.15, 0.2) is 0 Å². The van der Waals surface area contributed by atoms with Gasteiger partial charge in [-0.2, -0.15) is 0 Å². The fraction of sp³-hybridized carbons (Fsp3) is 0.700. The van der Waals surface area contributed by atoms with E-state index in [0.717, 1.165) is 4.90 Å². The van der Waals surface area contributed by atoms with Crippen LogP contribution in [0.1, 0.15) is 0 Å². The molecule has 0 rings (SSSR count). The van der Waals surface area contributed by atoms with Crippen LogP contribution in [0.2, 0.25) is 0 Å². The van der Waals surface area contributed by atoms with Crippen LogP contribution in [0, 0.1) is 0 Å². The Morgan fingerprint density at radius 1 is 0.850 bits per heavy atom. The van der Waals surface area contributed by atoms with E-state index >= 15 is 0 Å². The Balaban J connectivity index is 0. The number of carboxylic acids is 3. The van der Waals surface area contributed by atoms with E-state index in [2.05, 4.69) is 0 Å². The molecule has 0 saturated carbocycles. The first-order chi connectivity index (χ1) is 8.85. The molecule has 0 bridgehead atoms. The van der Waals surface area contributed by atoms with Crippen molar-refractivity contribution < 1.29 is 51.9 Å². The van der Waals surface area contributed by atoms with E-state index in [9.17, 15) is 19.5 Å². The summed E-state index contributed by atoms with van der Waals surface area (Å²) in [5.41, 5.74) is 0. The van der Waals surface area contributed by atoms with Crippen molar-refractivity contribution in [2.24, 2.45) is 0 Å². The van der Waals surface area contributed by atoms with Crippen molar-refractivity contribution in [3.8, 4) is 0 Å². The molecule has 10 heteroatoms. The summed E-state index contributed by atoms with van der Waals surface area (Å²) in [7, 11) is 0. The van der Waals surface area contributed by atoms with Crippen molar-refractivity contribution in [3.05, 3.63) is 0 Å². The standard InChI is InChI=1S/C10H18N2O7.Fe/c13-4-3-11(5-8(14)15)1-2-12(6-9(16)17)7-10(18)19;/h13H,1-7H2,(H,14,15)(H,16,17)(H,18,19);/p-1. The number of hydrogen-bond donors (Lipinski definition) is 3. The minimum atomic E-state index is -1.41. The van der Waals surface area contributed by atoms with Gasteiger partial charge in [0.15, 0.2) is 0 Å². The Hall–Kier alpha value is -1.19. The first-order valence-corrected chi connectivity index (χ1v) is 5.54. The third-order valence-corrected chi connectivity index (χ3v) is 2.22. The molecule has 0 unspecified atom stereocenters. The summed E-state index contributed by atoms with van der Waals surface area (Å²) in [5.74, 6) is -3.68. The molecule has 3 N–H and O–H groups in total. The third-order valence-electron chi connectivity index (χ3n) is 2.22. The van der Waals surface area contributed by atoms with E-state index in [1.165, 1.54) is 4.90 Å². The zero-order valence-electron chi connectivity index (χ0n) is 10.7. The topological polar surface area (TPSA) is 141 Å². The molecular weight excluding hydrogens is 316 g/mol. The molecular formula is C10H17FeN2O7-. The minimum absolute atomic E-state index is 0. The van der Waals surface area contributed by atoms with Crippen molar-refractivity contribution in [2.45, 2.75) is 0 Å². The van der Waals surface area contributed by atoms with Gasteiger partial charge in [0.2, 0.25) is 0 Å². The maximum atomic E-state index is 10.5. The first-order valence-electron chi connectivity index (χ1n) is 5.54. The molecule has 0 radical (unpaired) electrons. The number of nitrogens with zero attached hydrogens (tertiary/aromatic N) is 2. The molecule has 0 aromatic heterocycles. The monoisotopic (exact) mass is 333 g/mol. The average molecular weight is 333 g/mol. The molecule has 20 heavy (non-hydrogen) atoms. The summed E-state index contributed by atoms with van der Waals surface area (Å²) in [4.78, 5) is 34.0. The number of hydrogen-bond acceptors (Lipinski definition) is 7. The predicted octanol–water partition coefficient (Wildman–Crippen LogP) is -3.50. The minimum Gasteiger partial charge on any atom is -0.549 e. The molecule has 0 aromatic carbocycles. The number of aliphatic hydroxyl groups is 1. The van der Waals surface area contributed by atoms with Crippen molar-refractivity contribution in [1.82, 2.24) is 9.80 Å². The predicted molar refractivity (Wildman–Crippen MR) is 60.2 cm³/mol. The quantitative estimate of drug-likeness (QED) is 0.328. The van der Waals surface area contributed by atoms with Gasteiger partial charge < -0.3 is 25.2 Å². The fourth-order valence-corrected chi connectivity index (χ4v) is 1.47. The van der Waals surface area contributed by atoms with Crippen LogP contribution in [0.3, 0.4) is 0 Å². The molecule has 0 aliphatic heterocycles. The smallest absolute Gasteiger partial charge is 0.317 e. The van der Waals surface area contributed by atoms with Crippen LogP contribution in [0.25, 0.3) is 0 Å². The second kappa shape index (κ2) is 11.6. The molecule has 0 heterocycles. The SMILES string of the molecule is O=C([O-])CN(CCN(CCO)CC(=O)O)CC(=O)O.[Fe]. The van der Waals surface area contributed by atoms with Crippen LogP contribution in [-0.4, -0.2) is 88.9 Å². The van der Waals surface area contributed by atoms with Crippen LogP contribution >= 0.6 is 0 Å². The van der Waals surface area contributed by atoms with E-state index in [-0.39, 0.29) is 49.9 Å². The van der Waals surface area contributed by atoms with E-state index < -0.39 is 31.0 Å². The van der Waals surface area contributed by atoms with Gasteiger partial charge >= 0.3 is 11.9 Å². The number of carboxylic acid groups (broad SMARTS) is 3. The Morgan fingerprint density at radius 3 is 1.70 bits per heavy atom. The molecule has 0 amide bonds. The number of carbonyl (C=O) groups excluding carboxylic acids is 1. The zero-order valence-corrected chi connectivity index (χ0v) is 11.8.